The molecule has 2 aliphatic rings. The number of hydrogen-bond acceptors (Lipinski definition) is 5. The molecule has 0 saturated carbocycles. The first-order valence-corrected chi connectivity index (χ1v) is 9.49. The Hall–Kier alpha value is -1.95. The lowest BCUT2D eigenvalue weighted by Gasteiger charge is -2.45. The Kier molecular flexibility index (Phi) is 5.76. The second kappa shape index (κ2) is 7.35. The van der Waals surface area contributed by atoms with Gasteiger partial charge in [-0.1, -0.05) is 0 Å². The molecule has 0 aromatic heterocycles. The van der Waals surface area contributed by atoms with Crippen LogP contribution in [0, 0.1) is 11.3 Å². The van der Waals surface area contributed by atoms with E-state index in [1.165, 1.54) is 0 Å². The SMILES string of the molecule is CC1(C)Oc2ccc(C#N)cc2[C@H](N2CCCC2=O)[C@H]1O.O=P(O)(O)O. The molecule has 0 aliphatic carbocycles. The van der Waals surface area contributed by atoms with E-state index >= 15 is 0 Å². The topological polar surface area (TPSA) is 151 Å². The number of likely N-dealkylation sites (tertiary alicyclic amines) is 1. The van der Waals surface area contributed by atoms with Crippen LogP contribution >= 0.6 is 7.82 Å². The van der Waals surface area contributed by atoms with Crippen LogP contribution in [0.5, 0.6) is 5.75 Å². The van der Waals surface area contributed by atoms with Gasteiger partial charge in [0.05, 0.1) is 17.7 Å². The number of benzene rings is 1. The maximum absolute atomic E-state index is 12.1. The van der Waals surface area contributed by atoms with Gasteiger partial charge in [-0.3, -0.25) is 4.79 Å². The van der Waals surface area contributed by atoms with E-state index in [-0.39, 0.29) is 5.91 Å². The highest BCUT2D eigenvalue weighted by molar-refractivity contribution is 7.45. The van der Waals surface area contributed by atoms with Crippen molar-refractivity contribution < 1.29 is 33.9 Å². The summed E-state index contributed by atoms with van der Waals surface area (Å²) in [6.45, 7) is 4.26. The maximum Gasteiger partial charge on any atom is 0.466 e. The molecule has 1 aromatic rings. The highest BCUT2D eigenvalue weighted by Crippen LogP contribution is 2.44. The van der Waals surface area contributed by atoms with Crippen LogP contribution in [0.2, 0.25) is 0 Å². The third-order valence-electron chi connectivity index (χ3n) is 4.29. The summed E-state index contributed by atoms with van der Waals surface area (Å²) in [4.78, 5) is 35.4. The third-order valence-corrected chi connectivity index (χ3v) is 4.29. The van der Waals surface area contributed by atoms with Crippen molar-refractivity contribution in [2.24, 2.45) is 0 Å². The molecule has 4 N–H and O–H groups in total. The number of nitrogens with zero attached hydrogens (tertiary/aromatic N) is 2. The van der Waals surface area contributed by atoms with Gasteiger partial charge in [-0.05, 0) is 38.5 Å². The van der Waals surface area contributed by atoms with Crippen LogP contribution in [-0.2, 0) is 9.36 Å². The van der Waals surface area contributed by atoms with Gasteiger partial charge in [0.2, 0.25) is 5.91 Å². The van der Waals surface area contributed by atoms with E-state index in [0.29, 0.717) is 24.3 Å². The van der Waals surface area contributed by atoms with E-state index in [1.54, 1.807) is 23.1 Å². The zero-order chi connectivity index (χ0) is 19.7. The van der Waals surface area contributed by atoms with Gasteiger partial charge in [-0.15, -0.1) is 0 Å². The van der Waals surface area contributed by atoms with Gasteiger partial charge in [0.15, 0.2) is 0 Å². The second-order valence-corrected chi connectivity index (χ2v) is 7.69. The van der Waals surface area contributed by atoms with Gasteiger partial charge in [0.1, 0.15) is 17.5 Å². The number of rotatable bonds is 1. The minimum atomic E-state index is -4.64. The second-order valence-electron chi connectivity index (χ2n) is 6.66. The number of ether oxygens (including phenoxy) is 1. The van der Waals surface area contributed by atoms with Gasteiger partial charge >= 0.3 is 7.82 Å². The largest absolute Gasteiger partial charge is 0.485 e. The van der Waals surface area contributed by atoms with Gasteiger partial charge < -0.3 is 29.4 Å². The summed E-state index contributed by atoms with van der Waals surface area (Å²) in [5, 5.41) is 19.8. The monoisotopic (exact) mass is 384 g/mol. The average Bonchev–Trinajstić information content (AvgIpc) is 2.92. The van der Waals surface area contributed by atoms with E-state index < -0.39 is 25.6 Å². The molecule has 0 unspecified atom stereocenters. The summed E-state index contributed by atoms with van der Waals surface area (Å²) in [7, 11) is -4.64. The van der Waals surface area contributed by atoms with Crippen molar-refractivity contribution in [3.8, 4) is 11.8 Å². The molecule has 2 heterocycles. The smallest absolute Gasteiger partial charge is 0.466 e. The fraction of sp³-hybridized carbons (Fsp3) is 0.500. The molecule has 142 valence electrons. The van der Waals surface area contributed by atoms with Crippen molar-refractivity contribution >= 4 is 13.7 Å². The minimum absolute atomic E-state index is 0.0464. The Morgan fingerprint density at radius 3 is 2.46 bits per heavy atom. The van der Waals surface area contributed by atoms with Crippen molar-refractivity contribution in [2.45, 2.75) is 44.4 Å². The number of carbonyl (C=O) groups is 1. The summed E-state index contributed by atoms with van der Waals surface area (Å²) < 4.78 is 14.7. The van der Waals surface area contributed by atoms with Crippen LogP contribution in [0.3, 0.4) is 0 Å². The van der Waals surface area contributed by atoms with Gasteiger partial charge in [-0.25, -0.2) is 4.57 Å². The number of aliphatic hydroxyl groups is 1. The van der Waals surface area contributed by atoms with Gasteiger partial charge in [0, 0.05) is 18.5 Å². The summed E-state index contributed by atoms with van der Waals surface area (Å²) >= 11 is 0. The van der Waals surface area contributed by atoms with E-state index in [2.05, 4.69) is 6.07 Å². The molecule has 1 fully saturated rings. The van der Waals surface area contributed by atoms with Crippen LogP contribution in [0.1, 0.15) is 43.9 Å². The fourth-order valence-corrected chi connectivity index (χ4v) is 3.14. The first kappa shape index (κ1) is 20.4. The summed E-state index contributed by atoms with van der Waals surface area (Å²) in [5.41, 5.74) is 0.436. The van der Waals surface area contributed by atoms with E-state index in [1.807, 2.05) is 13.8 Å². The van der Waals surface area contributed by atoms with E-state index in [4.69, 9.17) is 29.2 Å². The summed E-state index contributed by atoms with van der Waals surface area (Å²) in [5.74, 6) is 0.680. The predicted octanol–water partition coefficient (Wildman–Crippen LogP) is 0.825. The van der Waals surface area contributed by atoms with Crippen molar-refractivity contribution in [1.29, 1.82) is 5.26 Å². The zero-order valence-electron chi connectivity index (χ0n) is 14.4. The molecular formula is C16H21N2O7P. The van der Waals surface area contributed by atoms with Crippen molar-refractivity contribution in [3.05, 3.63) is 29.3 Å². The first-order chi connectivity index (χ1) is 11.9. The van der Waals surface area contributed by atoms with Crippen LogP contribution in [0.15, 0.2) is 18.2 Å². The number of nitriles is 1. The van der Waals surface area contributed by atoms with Crippen LogP contribution in [0.4, 0.5) is 0 Å². The van der Waals surface area contributed by atoms with Crippen LogP contribution in [-0.4, -0.2) is 48.8 Å². The first-order valence-electron chi connectivity index (χ1n) is 7.93. The molecule has 1 aromatic carbocycles. The van der Waals surface area contributed by atoms with Crippen molar-refractivity contribution in [3.63, 3.8) is 0 Å². The Labute approximate surface area is 150 Å². The highest BCUT2D eigenvalue weighted by Gasteiger charge is 2.47. The molecule has 0 spiro atoms. The number of carbonyl (C=O) groups excluding carboxylic acids is 1. The molecule has 3 rings (SSSR count). The van der Waals surface area contributed by atoms with E-state index in [9.17, 15) is 9.90 Å². The lowest BCUT2D eigenvalue weighted by atomic mass is 9.85. The molecule has 0 radical (unpaired) electrons. The summed E-state index contributed by atoms with van der Waals surface area (Å²) in [6.07, 6.45) is 0.481. The highest BCUT2D eigenvalue weighted by atomic mass is 31.2. The number of fused-ring (bicyclic) bond motifs is 1. The van der Waals surface area contributed by atoms with E-state index in [0.717, 1.165) is 12.0 Å². The lowest BCUT2D eigenvalue weighted by Crippen LogP contribution is -2.53. The zero-order valence-corrected chi connectivity index (χ0v) is 15.3. The fourth-order valence-electron chi connectivity index (χ4n) is 3.14. The van der Waals surface area contributed by atoms with Gasteiger partial charge in [0.25, 0.3) is 0 Å². The number of amides is 1. The molecule has 0 bridgehead atoms. The predicted molar refractivity (Wildman–Crippen MR) is 89.8 cm³/mol. The van der Waals surface area contributed by atoms with Crippen LogP contribution < -0.4 is 4.74 Å². The quantitative estimate of drug-likeness (QED) is 0.520. The molecule has 2 atom stereocenters. The normalized spacial score (nSPS) is 24.0. The average molecular weight is 384 g/mol. The number of hydrogen-bond donors (Lipinski definition) is 4. The molecule has 10 heteroatoms. The Bertz CT molecular complexity index is 775. The van der Waals surface area contributed by atoms with Crippen molar-refractivity contribution in [2.75, 3.05) is 6.54 Å². The molecule has 2 aliphatic heterocycles. The van der Waals surface area contributed by atoms with Crippen molar-refractivity contribution in [1.82, 2.24) is 4.90 Å². The molecule has 1 saturated heterocycles. The number of phosphoric acid groups is 1. The molecule has 9 nitrogen and oxygen atoms in total. The Morgan fingerprint density at radius 2 is 1.96 bits per heavy atom. The maximum atomic E-state index is 12.1. The Morgan fingerprint density at radius 1 is 1.35 bits per heavy atom. The third kappa shape index (κ3) is 4.61. The summed E-state index contributed by atoms with van der Waals surface area (Å²) in [6, 6.07) is 6.79. The standard InChI is InChI=1S/C16H18N2O3.H3O4P/c1-16(2)15(20)14(18-7-3-4-13(18)19)11-8-10(9-17)5-6-12(11)21-16;1-5(2,3)4/h5-6,8,14-15,20H,3-4,7H2,1-2H3;(H3,1,2,3,4)/t14-,15+;/m0./s1. The molecular weight excluding hydrogens is 363 g/mol. The molecule has 1 amide bonds. The minimum Gasteiger partial charge on any atom is -0.485 e. The van der Waals surface area contributed by atoms with Gasteiger partial charge in [-0.2, -0.15) is 5.26 Å². The van der Waals surface area contributed by atoms with Crippen LogP contribution in [0.25, 0.3) is 0 Å². The lowest BCUT2D eigenvalue weighted by molar-refractivity contribution is -0.139. The molecule has 26 heavy (non-hydrogen) atoms. The Balaban J connectivity index is 0.000000431. The number of aliphatic hydroxyl groups excluding tert-OH is 1.